The average Bonchev–Trinajstić information content (AvgIpc) is 3.22. The van der Waals surface area contributed by atoms with Crippen LogP contribution in [0.4, 0.5) is 16.7 Å². The van der Waals surface area contributed by atoms with Crippen LogP contribution < -0.4 is 10.1 Å². The van der Waals surface area contributed by atoms with Gasteiger partial charge in [-0.05, 0) is 24.6 Å². The second-order valence-electron chi connectivity index (χ2n) is 7.97. The van der Waals surface area contributed by atoms with Gasteiger partial charge in [0, 0.05) is 31.6 Å². The van der Waals surface area contributed by atoms with Crippen molar-refractivity contribution >= 4 is 29.6 Å². The van der Waals surface area contributed by atoms with Crippen LogP contribution in [0.15, 0.2) is 29.3 Å². The topological polar surface area (TPSA) is 135 Å². The first-order valence-electron chi connectivity index (χ1n) is 10.7. The monoisotopic (exact) mass is 451 g/mol. The second kappa shape index (κ2) is 9.68. The number of nitriles is 1. The first-order valence-corrected chi connectivity index (χ1v) is 10.7. The van der Waals surface area contributed by atoms with Crippen molar-refractivity contribution in [3.05, 3.63) is 29.8 Å². The lowest BCUT2D eigenvalue weighted by atomic mass is 10.0. The van der Waals surface area contributed by atoms with E-state index in [9.17, 15) is 14.9 Å². The highest BCUT2D eigenvalue weighted by molar-refractivity contribution is 6.04. The third kappa shape index (κ3) is 5.11. The summed E-state index contributed by atoms with van der Waals surface area (Å²) in [5.74, 6) is 0.959. The van der Waals surface area contributed by atoms with Gasteiger partial charge in [-0.1, -0.05) is 12.1 Å². The molecule has 4 rings (SSSR count). The van der Waals surface area contributed by atoms with Crippen molar-refractivity contribution in [3.8, 4) is 11.8 Å². The molecule has 11 nitrogen and oxygen atoms in total. The van der Waals surface area contributed by atoms with Gasteiger partial charge >= 0.3 is 6.09 Å². The molecule has 1 amide bonds. The van der Waals surface area contributed by atoms with Crippen LogP contribution in [0, 0.1) is 11.3 Å². The standard InChI is InChI=1S/C22H25N7O4/c1-14-12-19(30)29-21(24-14)26-20(27-29)25-18(6-9-23)15-4-3-5-17(13-15)33-16-7-10-28(11-8-16)22(31)32-2/h3-5,13,16,18H,6-8,10-12H2,1-2H3,(H,25,27)/t18-/m1/s1. The molecule has 0 bridgehead atoms. The van der Waals surface area contributed by atoms with E-state index < -0.39 is 6.04 Å². The average molecular weight is 451 g/mol. The van der Waals surface area contributed by atoms with Gasteiger partial charge in [0.15, 0.2) is 0 Å². The molecule has 0 saturated carbocycles. The van der Waals surface area contributed by atoms with E-state index in [-0.39, 0.29) is 42.8 Å². The van der Waals surface area contributed by atoms with Crippen LogP contribution in [-0.2, 0) is 4.74 Å². The van der Waals surface area contributed by atoms with Crippen LogP contribution in [0.1, 0.15) is 49.0 Å². The molecular formula is C22H25N7O4. The molecule has 0 unspecified atom stereocenters. The zero-order chi connectivity index (χ0) is 23.4. The Bertz CT molecular complexity index is 1110. The summed E-state index contributed by atoms with van der Waals surface area (Å²) in [5.41, 5.74) is 1.52. The van der Waals surface area contributed by atoms with Crippen molar-refractivity contribution in [2.24, 2.45) is 4.99 Å². The number of carbonyl (C=O) groups excluding carboxylic acids is 2. The third-order valence-corrected chi connectivity index (χ3v) is 5.56. The number of amides is 1. The Balaban J connectivity index is 1.45. The number of benzene rings is 1. The van der Waals surface area contributed by atoms with Crippen molar-refractivity contribution in [1.82, 2.24) is 19.7 Å². The predicted molar refractivity (Wildman–Crippen MR) is 119 cm³/mol. The smallest absolute Gasteiger partial charge is 0.409 e. The molecule has 0 aliphatic carbocycles. The minimum absolute atomic E-state index is 0.0165. The van der Waals surface area contributed by atoms with Crippen molar-refractivity contribution in [3.63, 3.8) is 0 Å². The molecule has 1 aromatic heterocycles. The summed E-state index contributed by atoms with van der Waals surface area (Å²) < 4.78 is 12.1. The van der Waals surface area contributed by atoms with E-state index in [1.54, 1.807) is 11.8 Å². The highest BCUT2D eigenvalue weighted by Gasteiger charge is 2.25. The summed E-state index contributed by atoms with van der Waals surface area (Å²) in [6.45, 7) is 2.92. The van der Waals surface area contributed by atoms with E-state index in [4.69, 9.17) is 9.47 Å². The van der Waals surface area contributed by atoms with Crippen LogP contribution in [0.25, 0.3) is 0 Å². The summed E-state index contributed by atoms with van der Waals surface area (Å²) in [4.78, 5) is 34.0. The zero-order valence-electron chi connectivity index (χ0n) is 18.5. The number of hydrogen-bond acceptors (Lipinski definition) is 9. The van der Waals surface area contributed by atoms with Crippen LogP contribution >= 0.6 is 0 Å². The summed E-state index contributed by atoms with van der Waals surface area (Å²) in [6, 6.07) is 9.28. The number of piperidine rings is 1. The molecule has 1 N–H and O–H groups in total. The molecule has 2 aliphatic rings. The first kappa shape index (κ1) is 22.3. The largest absolute Gasteiger partial charge is 0.490 e. The molecule has 1 aromatic carbocycles. The van der Waals surface area contributed by atoms with E-state index in [1.165, 1.54) is 11.8 Å². The number of aromatic nitrogens is 3. The Labute approximate surface area is 191 Å². The number of carbonyl (C=O) groups is 2. The highest BCUT2D eigenvalue weighted by Crippen LogP contribution is 2.28. The predicted octanol–water partition coefficient (Wildman–Crippen LogP) is 3.09. The Kier molecular flexibility index (Phi) is 6.53. The summed E-state index contributed by atoms with van der Waals surface area (Å²) in [7, 11) is 1.38. The molecular weight excluding hydrogens is 426 g/mol. The molecule has 11 heteroatoms. The first-order chi connectivity index (χ1) is 16.0. The SMILES string of the molecule is COC(=O)N1CCC(Oc2cccc([C@@H](CC#N)Nc3nc4n(n3)C(=O)CC(C)=N4)c2)CC1. The quantitative estimate of drug-likeness (QED) is 0.708. The van der Waals surface area contributed by atoms with Gasteiger partial charge in [0.25, 0.3) is 11.9 Å². The van der Waals surface area contributed by atoms with Gasteiger partial charge in [-0.25, -0.2) is 9.79 Å². The van der Waals surface area contributed by atoms with Gasteiger partial charge in [0.05, 0.1) is 32.1 Å². The molecule has 172 valence electrons. The number of anilines is 1. The molecule has 3 heterocycles. The lowest BCUT2D eigenvalue weighted by Crippen LogP contribution is -2.41. The van der Waals surface area contributed by atoms with E-state index >= 15 is 0 Å². The van der Waals surface area contributed by atoms with Gasteiger partial charge in [-0.3, -0.25) is 4.79 Å². The Morgan fingerprint density at radius 2 is 2.15 bits per heavy atom. The normalized spacial score (nSPS) is 16.9. The van der Waals surface area contributed by atoms with Crippen molar-refractivity contribution in [2.75, 3.05) is 25.5 Å². The molecule has 1 atom stereocenters. The van der Waals surface area contributed by atoms with E-state index in [2.05, 4.69) is 26.5 Å². The lowest BCUT2D eigenvalue weighted by Gasteiger charge is -2.31. The third-order valence-electron chi connectivity index (χ3n) is 5.56. The zero-order valence-corrected chi connectivity index (χ0v) is 18.5. The molecule has 2 aliphatic heterocycles. The number of nitrogens with one attached hydrogen (secondary N) is 1. The Hall–Kier alpha value is -3.94. The molecule has 0 radical (unpaired) electrons. The molecule has 1 saturated heterocycles. The van der Waals surface area contributed by atoms with Crippen LogP contribution in [-0.4, -0.2) is 63.7 Å². The fourth-order valence-corrected chi connectivity index (χ4v) is 3.89. The Morgan fingerprint density at radius 1 is 1.36 bits per heavy atom. The van der Waals surface area contributed by atoms with Crippen LogP contribution in [0.2, 0.25) is 0 Å². The number of fused-ring (bicyclic) bond motifs is 1. The maximum absolute atomic E-state index is 12.2. The summed E-state index contributed by atoms with van der Waals surface area (Å²) >= 11 is 0. The van der Waals surface area contributed by atoms with Gasteiger partial charge < -0.3 is 19.7 Å². The number of nitrogens with zero attached hydrogens (tertiary/aromatic N) is 6. The van der Waals surface area contributed by atoms with E-state index in [0.29, 0.717) is 37.4 Å². The highest BCUT2D eigenvalue weighted by atomic mass is 16.5. The van der Waals surface area contributed by atoms with E-state index in [0.717, 1.165) is 5.56 Å². The van der Waals surface area contributed by atoms with Crippen LogP contribution in [0.3, 0.4) is 0 Å². The summed E-state index contributed by atoms with van der Waals surface area (Å²) in [6.07, 6.45) is 1.44. The van der Waals surface area contributed by atoms with Gasteiger partial charge in [-0.2, -0.15) is 14.9 Å². The maximum atomic E-state index is 12.2. The number of hydrogen-bond donors (Lipinski definition) is 1. The fourth-order valence-electron chi connectivity index (χ4n) is 3.89. The van der Waals surface area contributed by atoms with E-state index in [1.807, 2.05) is 24.3 Å². The minimum atomic E-state index is -0.399. The van der Waals surface area contributed by atoms with Gasteiger partial charge in [-0.15, -0.1) is 5.10 Å². The van der Waals surface area contributed by atoms with Gasteiger partial charge in [0.1, 0.15) is 11.9 Å². The molecule has 2 aromatic rings. The maximum Gasteiger partial charge on any atom is 0.409 e. The van der Waals surface area contributed by atoms with Crippen LogP contribution in [0.5, 0.6) is 5.75 Å². The van der Waals surface area contributed by atoms with Crippen molar-refractivity contribution in [1.29, 1.82) is 5.26 Å². The summed E-state index contributed by atoms with van der Waals surface area (Å²) in [5, 5.41) is 16.7. The molecule has 33 heavy (non-hydrogen) atoms. The number of methoxy groups -OCH3 is 1. The number of rotatable bonds is 6. The minimum Gasteiger partial charge on any atom is -0.490 e. The van der Waals surface area contributed by atoms with Crippen molar-refractivity contribution < 1.29 is 19.1 Å². The Morgan fingerprint density at radius 3 is 2.88 bits per heavy atom. The van der Waals surface area contributed by atoms with Gasteiger partial charge in [0.2, 0.25) is 5.95 Å². The molecule has 0 spiro atoms. The number of aliphatic imine (C=N–C) groups is 1. The molecule has 1 fully saturated rings. The van der Waals surface area contributed by atoms with Crippen molar-refractivity contribution in [2.45, 2.75) is 44.8 Å². The number of likely N-dealkylation sites (tertiary alicyclic amines) is 1. The number of ether oxygens (including phenoxy) is 2. The lowest BCUT2D eigenvalue weighted by molar-refractivity contribution is 0.0790. The fraction of sp³-hybridized carbons (Fsp3) is 0.455. The second-order valence-corrected chi connectivity index (χ2v) is 7.97.